The average Bonchev–Trinajstić information content (AvgIpc) is 1.89. The second-order valence-electron chi connectivity index (χ2n) is 2.16. The maximum Gasteiger partial charge on any atom is 0.125 e. The maximum atomic E-state index is 2.30. The molecule has 0 N–H and O–H groups in total. The Bertz CT molecular complexity index is 194. The van der Waals surface area contributed by atoms with E-state index in [1.807, 2.05) is 0 Å². The predicted octanol–water partition coefficient (Wildman–Crippen LogP) is 3.05. The van der Waals surface area contributed by atoms with Crippen molar-refractivity contribution in [2.75, 3.05) is 0 Å². The molecule has 0 aromatic carbocycles. The van der Waals surface area contributed by atoms with Crippen molar-refractivity contribution in [3.8, 4) is 0 Å². The lowest BCUT2D eigenvalue weighted by Gasteiger charge is -1.87. The number of aryl methyl sites for hydroxylation is 2. The van der Waals surface area contributed by atoms with Gasteiger partial charge >= 0.3 is 0 Å². The van der Waals surface area contributed by atoms with Crippen LogP contribution >= 0.6 is 7.53 Å². The first-order valence-corrected chi connectivity index (χ1v) is 5.14. The minimum absolute atomic E-state index is 0.0941. The Kier molecular flexibility index (Phi) is 2.24. The highest BCUT2D eigenvalue weighted by molar-refractivity contribution is 7.47. The molecule has 1 rings (SSSR count). The molecule has 0 saturated heterocycles. The van der Waals surface area contributed by atoms with Crippen LogP contribution in [-0.4, -0.2) is 0 Å². The summed E-state index contributed by atoms with van der Waals surface area (Å²) in [7, 11) is 0.0941. The summed E-state index contributed by atoms with van der Waals surface area (Å²) >= 11 is 0. The molecule has 1 heterocycles. The number of hydrogen-bond acceptors (Lipinski definition) is 0. The molecule has 0 amide bonds. The minimum Gasteiger partial charge on any atom is -0.0576 e. The van der Waals surface area contributed by atoms with E-state index in [4.69, 9.17) is 0 Å². The van der Waals surface area contributed by atoms with Gasteiger partial charge in [0.15, 0.2) is 0 Å². The molecule has 1 heteroatoms. The summed E-state index contributed by atoms with van der Waals surface area (Å²) in [6.07, 6.45) is 1.21. The standard InChI is InChI=1S/C8H12P/c1-3-8-6-4-5-7-9(8)2/h4-7H,3H2,1-2H3/q+1. The molecule has 1 atom stereocenters. The summed E-state index contributed by atoms with van der Waals surface area (Å²) in [5.74, 6) is 2.30. The van der Waals surface area contributed by atoms with Crippen LogP contribution in [0.3, 0.4) is 0 Å². The second kappa shape index (κ2) is 2.98. The van der Waals surface area contributed by atoms with Crippen LogP contribution in [0.1, 0.15) is 12.2 Å². The van der Waals surface area contributed by atoms with Crippen molar-refractivity contribution in [3.63, 3.8) is 0 Å². The van der Waals surface area contributed by atoms with E-state index in [0.717, 1.165) is 0 Å². The smallest absolute Gasteiger partial charge is 0.0576 e. The first-order valence-electron chi connectivity index (χ1n) is 3.28. The molecule has 0 bridgehead atoms. The fourth-order valence-corrected chi connectivity index (χ4v) is 2.30. The lowest BCUT2D eigenvalue weighted by atomic mass is 10.4. The zero-order valence-electron chi connectivity index (χ0n) is 5.96. The quantitative estimate of drug-likeness (QED) is 0.561. The second-order valence-corrected chi connectivity index (χ2v) is 4.25. The topological polar surface area (TPSA) is 0 Å². The Balaban J connectivity index is 3.01. The van der Waals surface area contributed by atoms with Crippen LogP contribution in [0.2, 0.25) is 0 Å². The van der Waals surface area contributed by atoms with Crippen molar-refractivity contribution in [2.24, 2.45) is 6.66 Å². The van der Waals surface area contributed by atoms with E-state index in [1.54, 1.807) is 5.30 Å². The van der Waals surface area contributed by atoms with Gasteiger partial charge in [0, 0.05) is 6.42 Å². The van der Waals surface area contributed by atoms with E-state index in [2.05, 4.69) is 37.6 Å². The monoisotopic (exact) mass is 139 g/mol. The molecular formula is C8H12P+. The Morgan fingerprint density at radius 2 is 2.22 bits per heavy atom. The first kappa shape index (κ1) is 6.77. The lowest BCUT2D eigenvalue weighted by Crippen LogP contribution is -1.73. The van der Waals surface area contributed by atoms with Gasteiger partial charge in [-0.3, -0.25) is 0 Å². The van der Waals surface area contributed by atoms with Gasteiger partial charge in [-0.15, -0.1) is 0 Å². The summed E-state index contributed by atoms with van der Waals surface area (Å²) in [6, 6.07) is 6.51. The van der Waals surface area contributed by atoms with E-state index in [1.165, 1.54) is 6.42 Å². The highest BCUT2D eigenvalue weighted by atomic mass is 31.1. The Labute approximate surface area is 57.6 Å². The molecule has 0 saturated carbocycles. The van der Waals surface area contributed by atoms with Crippen LogP contribution in [0.5, 0.6) is 0 Å². The summed E-state index contributed by atoms with van der Waals surface area (Å²) in [5.41, 5.74) is 0. The molecule has 0 nitrogen and oxygen atoms in total. The lowest BCUT2D eigenvalue weighted by molar-refractivity contribution is 1.18. The molecule has 1 aromatic rings. The largest absolute Gasteiger partial charge is 0.125 e. The predicted molar refractivity (Wildman–Crippen MR) is 43.9 cm³/mol. The summed E-state index contributed by atoms with van der Waals surface area (Å²) in [6.45, 7) is 4.52. The van der Waals surface area contributed by atoms with Gasteiger partial charge in [0.1, 0.15) is 25.3 Å². The van der Waals surface area contributed by atoms with E-state index < -0.39 is 0 Å². The van der Waals surface area contributed by atoms with Crippen molar-refractivity contribution in [3.05, 3.63) is 29.3 Å². The van der Waals surface area contributed by atoms with Crippen LogP contribution in [0.4, 0.5) is 0 Å². The van der Waals surface area contributed by atoms with Crippen LogP contribution in [0.25, 0.3) is 0 Å². The third kappa shape index (κ3) is 1.53. The molecule has 0 aliphatic carbocycles. The number of hydrogen-bond donors (Lipinski definition) is 0. The van der Waals surface area contributed by atoms with Crippen molar-refractivity contribution >= 4 is 7.53 Å². The van der Waals surface area contributed by atoms with Crippen molar-refractivity contribution < 1.29 is 0 Å². The molecule has 0 spiro atoms. The zero-order valence-corrected chi connectivity index (χ0v) is 6.86. The van der Waals surface area contributed by atoms with Gasteiger partial charge in [-0.2, -0.15) is 0 Å². The normalized spacial score (nSPS) is 11.6. The molecule has 0 aliphatic heterocycles. The SMILES string of the molecule is CCc1cccc[p+]1C. The highest BCUT2D eigenvalue weighted by Crippen LogP contribution is 2.27. The van der Waals surface area contributed by atoms with Crippen LogP contribution in [0.15, 0.2) is 24.0 Å². The van der Waals surface area contributed by atoms with E-state index in [0.29, 0.717) is 0 Å². The van der Waals surface area contributed by atoms with Gasteiger partial charge in [-0.25, -0.2) is 0 Å². The Hall–Kier alpha value is -0.350. The summed E-state index contributed by atoms with van der Waals surface area (Å²) in [5, 5.41) is 1.60. The van der Waals surface area contributed by atoms with Crippen molar-refractivity contribution in [1.82, 2.24) is 0 Å². The fraction of sp³-hybridized carbons (Fsp3) is 0.375. The summed E-state index contributed by atoms with van der Waals surface area (Å²) < 4.78 is 0. The summed E-state index contributed by atoms with van der Waals surface area (Å²) in [4.78, 5) is 0. The fourth-order valence-electron chi connectivity index (χ4n) is 0.926. The van der Waals surface area contributed by atoms with E-state index in [-0.39, 0.29) is 7.53 Å². The first-order chi connectivity index (χ1) is 4.34. The Morgan fingerprint density at radius 3 is 2.67 bits per heavy atom. The van der Waals surface area contributed by atoms with E-state index >= 15 is 0 Å². The average molecular weight is 139 g/mol. The molecule has 0 radical (unpaired) electrons. The third-order valence-electron chi connectivity index (χ3n) is 1.52. The van der Waals surface area contributed by atoms with Gasteiger partial charge in [0.2, 0.25) is 0 Å². The molecular weight excluding hydrogens is 127 g/mol. The molecule has 0 aliphatic rings. The van der Waals surface area contributed by atoms with Crippen molar-refractivity contribution in [2.45, 2.75) is 13.3 Å². The molecule has 1 unspecified atom stereocenters. The van der Waals surface area contributed by atoms with Gasteiger partial charge in [-0.1, -0.05) is 13.0 Å². The molecule has 9 heavy (non-hydrogen) atoms. The minimum atomic E-state index is 0.0941. The van der Waals surface area contributed by atoms with Gasteiger partial charge < -0.3 is 0 Å². The molecule has 0 fully saturated rings. The third-order valence-corrected chi connectivity index (χ3v) is 3.52. The number of rotatable bonds is 1. The zero-order chi connectivity index (χ0) is 6.69. The maximum absolute atomic E-state index is 2.30. The van der Waals surface area contributed by atoms with Gasteiger partial charge in [0.05, 0.1) is 0 Å². The Morgan fingerprint density at radius 1 is 1.44 bits per heavy atom. The van der Waals surface area contributed by atoms with Crippen LogP contribution < -0.4 is 0 Å². The molecule has 48 valence electrons. The van der Waals surface area contributed by atoms with E-state index in [9.17, 15) is 0 Å². The van der Waals surface area contributed by atoms with Crippen molar-refractivity contribution in [1.29, 1.82) is 0 Å². The van der Waals surface area contributed by atoms with Crippen LogP contribution in [0, 0.1) is 0 Å². The highest BCUT2D eigenvalue weighted by Gasteiger charge is 2.01. The van der Waals surface area contributed by atoms with Gasteiger partial charge in [-0.05, 0) is 12.1 Å². The van der Waals surface area contributed by atoms with Gasteiger partial charge in [0.25, 0.3) is 0 Å². The molecule has 1 aromatic heterocycles. The van der Waals surface area contributed by atoms with Crippen LogP contribution in [-0.2, 0) is 13.1 Å².